The molecule has 12 heteroatoms. The van der Waals surface area contributed by atoms with Gasteiger partial charge in [0, 0.05) is 18.5 Å². The molecular formula is C26H26N2O9S. The number of ether oxygens (including phenoxy) is 1. The Bertz CT molecular complexity index is 1470. The maximum absolute atomic E-state index is 13.0. The summed E-state index contributed by atoms with van der Waals surface area (Å²) in [6.45, 7) is 1.34. The minimum atomic E-state index is -4.47. The summed E-state index contributed by atoms with van der Waals surface area (Å²) in [5.74, 6) is -2.52. The molecule has 0 fully saturated rings. The molecule has 3 aromatic carbocycles. The van der Waals surface area contributed by atoms with E-state index in [4.69, 9.17) is 9.84 Å². The maximum atomic E-state index is 13.0. The second-order valence-electron chi connectivity index (χ2n) is 8.24. The van der Waals surface area contributed by atoms with E-state index in [-0.39, 0.29) is 30.8 Å². The third-order valence-electron chi connectivity index (χ3n) is 5.60. The van der Waals surface area contributed by atoms with Gasteiger partial charge in [0.1, 0.15) is 16.9 Å². The molecule has 0 aliphatic heterocycles. The van der Waals surface area contributed by atoms with E-state index >= 15 is 0 Å². The minimum absolute atomic E-state index is 0.00115. The number of carbonyl (C=O) groups excluding carboxylic acids is 2. The van der Waals surface area contributed by atoms with E-state index in [0.717, 1.165) is 34.5 Å². The van der Waals surface area contributed by atoms with Crippen LogP contribution >= 0.6 is 0 Å². The number of nitrogens with one attached hydrogen (secondary N) is 1. The summed E-state index contributed by atoms with van der Waals surface area (Å²) in [7, 11) is -4.47. The molecule has 3 rings (SSSR count). The largest absolute Gasteiger partial charge is 0.492 e. The SMILES string of the molecule is CCN(C(=O)O)C(=O)c1ccc(S(=O)(=O)N[C@H](C=O)CC(=O)O)c(OCCc2ccc3ccccc3c2)c1. The molecule has 0 aliphatic rings. The number of fused-ring (bicyclic) bond motifs is 1. The molecule has 0 heterocycles. The standard InChI is InChI=1S/C26H26N2O9S/c1-2-28(26(33)34)25(32)20-9-10-23(38(35,36)27-21(16-29)15-24(30)31)22(14-20)37-12-11-17-7-8-18-5-3-4-6-19(18)13-17/h3-10,13-14,16,21,27H,2,11-12,15H2,1H3,(H,30,31)(H,33,34)/t21-/m0/s1. The fourth-order valence-electron chi connectivity index (χ4n) is 3.74. The molecule has 0 bridgehead atoms. The average molecular weight is 543 g/mol. The van der Waals surface area contributed by atoms with Crippen molar-refractivity contribution >= 4 is 45.1 Å². The summed E-state index contributed by atoms with van der Waals surface area (Å²) in [5.41, 5.74) is 0.773. The number of hydrogen-bond donors (Lipinski definition) is 3. The normalized spacial score (nSPS) is 12.0. The van der Waals surface area contributed by atoms with Crippen LogP contribution in [0.5, 0.6) is 5.75 Å². The molecule has 0 spiro atoms. The summed E-state index contributed by atoms with van der Waals surface area (Å²) in [4.78, 5) is 46.4. The quantitative estimate of drug-likeness (QED) is 0.292. The molecule has 38 heavy (non-hydrogen) atoms. The number of hydrogen-bond acceptors (Lipinski definition) is 7. The smallest absolute Gasteiger partial charge is 0.414 e. The Hall–Kier alpha value is -4.29. The lowest BCUT2D eigenvalue weighted by molar-refractivity contribution is -0.138. The Morgan fingerprint density at radius 2 is 1.74 bits per heavy atom. The Kier molecular flexibility index (Phi) is 9.16. The lowest BCUT2D eigenvalue weighted by Crippen LogP contribution is -2.38. The van der Waals surface area contributed by atoms with Gasteiger partial charge in [0.05, 0.1) is 19.1 Å². The monoisotopic (exact) mass is 542 g/mol. The Balaban J connectivity index is 1.92. The number of aliphatic carboxylic acids is 1. The number of carbonyl (C=O) groups is 4. The van der Waals surface area contributed by atoms with E-state index < -0.39 is 45.4 Å². The summed E-state index contributed by atoms with van der Waals surface area (Å²) in [6.07, 6.45) is -1.71. The molecule has 3 N–H and O–H groups in total. The summed E-state index contributed by atoms with van der Waals surface area (Å²) >= 11 is 0. The number of sulfonamides is 1. The second-order valence-corrected chi connectivity index (χ2v) is 9.92. The number of amides is 2. The molecule has 0 saturated carbocycles. The van der Waals surface area contributed by atoms with Gasteiger partial charge in [-0.1, -0.05) is 42.5 Å². The minimum Gasteiger partial charge on any atom is -0.492 e. The zero-order valence-electron chi connectivity index (χ0n) is 20.4. The molecular weight excluding hydrogens is 516 g/mol. The zero-order valence-corrected chi connectivity index (χ0v) is 21.2. The maximum Gasteiger partial charge on any atom is 0.414 e. The van der Waals surface area contributed by atoms with Gasteiger partial charge in [0.25, 0.3) is 5.91 Å². The van der Waals surface area contributed by atoms with Crippen LogP contribution in [-0.2, 0) is 26.0 Å². The first-order valence-electron chi connectivity index (χ1n) is 11.5. The van der Waals surface area contributed by atoms with Crippen LogP contribution in [0.1, 0.15) is 29.3 Å². The first-order chi connectivity index (χ1) is 18.1. The molecule has 200 valence electrons. The molecule has 1 atom stereocenters. The third kappa shape index (κ3) is 6.93. The van der Waals surface area contributed by atoms with Crippen LogP contribution in [0.25, 0.3) is 10.8 Å². The molecule has 0 radical (unpaired) electrons. The van der Waals surface area contributed by atoms with Crippen molar-refractivity contribution in [2.75, 3.05) is 13.2 Å². The number of imide groups is 1. The number of carboxylic acid groups (broad SMARTS) is 2. The van der Waals surface area contributed by atoms with Crippen molar-refractivity contribution in [2.45, 2.75) is 30.7 Å². The van der Waals surface area contributed by atoms with Gasteiger partial charge in [-0.25, -0.2) is 22.8 Å². The highest BCUT2D eigenvalue weighted by Crippen LogP contribution is 2.27. The van der Waals surface area contributed by atoms with Gasteiger partial charge in [-0.2, -0.15) is 0 Å². The molecule has 0 aromatic heterocycles. The Morgan fingerprint density at radius 3 is 2.37 bits per heavy atom. The average Bonchev–Trinajstić information content (AvgIpc) is 2.87. The second kappa shape index (κ2) is 12.3. The molecule has 2 amide bonds. The fourth-order valence-corrected chi connectivity index (χ4v) is 5.03. The van der Waals surface area contributed by atoms with Gasteiger partial charge in [-0.05, 0) is 41.5 Å². The zero-order chi connectivity index (χ0) is 27.9. The van der Waals surface area contributed by atoms with E-state index in [2.05, 4.69) is 0 Å². The van der Waals surface area contributed by atoms with Crippen molar-refractivity contribution in [3.63, 3.8) is 0 Å². The fraction of sp³-hybridized carbons (Fsp3) is 0.231. The predicted octanol–water partition coefficient (Wildman–Crippen LogP) is 2.92. The van der Waals surface area contributed by atoms with Crippen LogP contribution in [0, 0.1) is 0 Å². The van der Waals surface area contributed by atoms with Gasteiger partial charge < -0.3 is 19.7 Å². The van der Waals surface area contributed by atoms with Gasteiger partial charge in [0.2, 0.25) is 10.0 Å². The van der Waals surface area contributed by atoms with E-state index in [1.165, 1.54) is 6.92 Å². The molecule has 0 unspecified atom stereocenters. The lowest BCUT2D eigenvalue weighted by Gasteiger charge is -2.18. The van der Waals surface area contributed by atoms with E-state index in [1.54, 1.807) is 0 Å². The molecule has 11 nitrogen and oxygen atoms in total. The number of rotatable bonds is 12. The van der Waals surface area contributed by atoms with Crippen molar-refractivity contribution in [3.05, 3.63) is 71.8 Å². The van der Waals surface area contributed by atoms with Crippen molar-refractivity contribution in [2.24, 2.45) is 0 Å². The number of carboxylic acids is 1. The highest BCUT2D eigenvalue weighted by atomic mass is 32.2. The van der Waals surface area contributed by atoms with Crippen molar-refractivity contribution < 1.29 is 42.5 Å². The van der Waals surface area contributed by atoms with Crippen LogP contribution in [0.4, 0.5) is 4.79 Å². The Labute approximate surface area is 218 Å². The van der Waals surface area contributed by atoms with E-state index in [9.17, 15) is 32.7 Å². The van der Waals surface area contributed by atoms with Gasteiger partial charge in [-0.3, -0.25) is 9.59 Å². The van der Waals surface area contributed by atoms with Crippen LogP contribution in [0.3, 0.4) is 0 Å². The third-order valence-corrected chi connectivity index (χ3v) is 7.13. The van der Waals surface area contributed by atoms with E-state index in [0.29, 0.717) is 11.3 Å². The van der Waals surface area contributed by atoms with Crippen molar-refractivity contribution in [1.82, 2.24) is 9.62 Å². The van der Waals surface area contributed by atoms with Crippen LogP contribution < -0.4 is 9.46 Å². The van der Waals surface area contributed by atoms with Gasteiger partial charge in [0.15, 0.2) is 0 Å². The summed E-state index contributed by atoms with van der Waals surface area (Å²) in [5, 5.41) is 20.3. The molecule has 0 saturated heterocycles. The van der Waals surface area contributed by atoms with Crippen molar-refractivity contribution in [3.8, 4) is 5.75 Å². The lowest BCUT2D eigenvalue weighted by atomic mass is 10.1. The highest BCUT2D eigenvalue weighted by molar-refractivity contribution is 7.89. The topological polar surface area (TPSA) is 167 Å². The van der Waals surface area contributed by atoms with Gasteiger partial charge >= 0.3 is 12.1 Å². The molecule has 3 aromatic rings. The summed E-state index contributed by atoms with van der Waals surface area (Å²) < 4.78 is 33.8. The number of benzene rings is 3. The number of nitrogens with zero attached hydrogens (tertiary/aromatic N) is 1. The summed E-state index contributed by atoms with van der Waals surface area (Å²) in [6, 6.07) is 15.3. The predicted molar refractivity (Wildman–Crippen MR) is 137 cm³/mol. The Morgan fingerprint density at radius 1 is 1.03 bits per heavy atom. The van der Waals surface area contributed by atoms with Crippen LogP contribution in [0.15, 0.2) is 65.6 Å². The first-order valence-corrected chi connectivity index (χ1v) is 13.0. The molecule has 0 aliphatic carbocycles. The van der Waals surface area contributed by atoms with Crippen LogP contribution in [-0.4, -0.2) is 67.0 Å². The first kappa shape index (κ1) is 28.3. The number of aldehydes is 1. The van der Waals surface area contributed by atoms with Crippen LogP contribution in [0.2, 0.25) is 0 Å². The van der Waals surface area contributed by atoms with Gasteiger partial charge in [-0.15, -0.1) is 0 Å². The van der Waals surface area contributed by atoms with Crippen molar-refractivity contribution in [1.29, 1.82) is 0 Å². The highest BCUT2D eigenvalue weighted by Gasteiger charge is 2.27. The van der Waals surface area contributed by atoms with E-state index in [1.807, 2.05) is 47.2 Å².